The van der Waals surface area contributed by atoms with Gasteiger partial charge < -0.3 is 4.90 Å². The molecule has 2 rings (SSSR count). The van der Waals surface area contributed by atoms with E-state index in [4.69, 9.17) is 0 Å². The van der Waals surface area contributed by atoms with Crippen LogP contribution in [0.1, 0.15) is 5.69 Å². The average molecular weight is 239 g/mol. The number of hydrogen-bond acceptors (Lipinski definition) is 3. The molecule has 0 unspecified atom stereocenters. The molecule has 3 nitrogen and oxygen atoms in total. The van der Waals surface area contributed by atoms with Gasteiger partial charge in [-0.1, -0.05) is 0 Å². The first kappa shape index (κ1) is 11.0. The van der Waals surface area contributed by atoms with E-state index in [2.05, 4.69) is 9.97 Å². The Hall–Kier alpha value is -1.47. The summed E-state index contributed by atoms with van der Waals surface area (Å²) in [6.45, 7) is -1.29. The summed E-state index contributed by atoms with van der Waals surface area (Å²) in [5.74, 6) is -3.18. The second-order valence-electron chi connectivity index (χ2n) is 3.45. The Balaban J connectivity index is 2.18. The largest absolute Gasteiger partial charge is 0.433 e. The molecule has 0 aromatic carbocycles. The number of aromatic nitrogens is 2. The van der Waals surface area contributed by atoms with E-state index in [1.54, 1.807) is 0 Å². The number of nitrogens with zero attached hydrogens (tertiary/aromatic N) is 3. The summed E-state index contributed by atoms with van der Waals surface area (Å²) in [7, 11) is 0. The summed E-state index contributed by atoms with van der Waals surface area (Å²) in [4.78, 5) is 7.71. The molecule has 0 radical (unpaired) electrons. The van der Waals surface area contributed by atoms with Crippen molar-refractivity contribution in [1.82, 2.24) is 9.97 Å². The molecule has 1 aliphatic rings. The Morgan fingerprint density at radius 2 is 1.88 bits per heavy atom. The van der Waals surface area contributed by atoms with Crippen LogP contribution in [0.5, 0.6) is 0 Å². The maximum atomic E-state index is 12.5. The van der Waals surface area contributed by atoms with E-state index in [1.807, 2.05) is 0 Å². The zero-order valence-corrected chi connectivity index (χ0v) is 7.80. The number of rotatable bonds is 1. The monoisotopic (exact) mass is 239 g/mol. The third kappa shape index (κ3) is 2.05. The Morgan fingerprint density at radius 3 is 2.38 bits per heavy atom. The summed E-state index contributed by atoms with van der Waals surface area (Å²) in [6, 6.07) is 0.696. The van der Waals surface area contributed by atoms with Crippen molar-refractivity contribution < 1.29 is 22.0 Å². The molecule has 0 atom stereocenters. The lowest BCUT2D eigenvalue weighted by Gasteiger charge is -2.38. The van der Waals surface area contributed by atoms with Crippen LogP contribution in [0.2, 0.25) is 0 Å². The summed E-state index contributed by atoms with van der Waals surface area (Å²) < 4.78 is 61.7. The van der Waals surface area contributed by atoms with E-state index in [1.165, 1.54) is 0 Å². The molecule has 0 amide bonds. The lowest BCUT2D eigenvalue weighted by molar-refractivity contribution is -0.141. The minimum atomic E-state index is -4.59. The van der Waals surface area contributed by atoms with Crippen molar-refractivity contribution in [3.05, 3.63) is 18.0 Å². The fraction of sp³-hybridized carbons (Fsp3) is 0.500. The lowest BCUT2D eigenvalue weighted by Crippen LogP contribution is -2.57. The van der Waals surface area contributed by atoms with Crippen LogP contribution in [0.4, 0.5) is 27.9 Å². The standard InChI is InChI=1S/C8H6F5N3/c9-7(10)3-16(4-7)6-14-2-1-5(15-6)8(11,12)13/h1-2H,3-4H2. The van der Waals surface area contributed by atoms with Gasteiger partial charge in [0.1, 0.15) is 5.69 Å². The quantitative estimate of drug-likeness (QED) is 0.701. The Bertz CT molecular complexity index is 395. The van der Waals surface area contributed by atoms with E-state index in [0.717, 1.165) is 11.1 Å². The second-order valence-corrected chi connectivity index (χ2v) is 3.45. The number of hydrogen-bond donors (Lipinski definition) is 0. The molecule has 1 fully saturated rings. The van der Waals surface area contributed by atoms with Crippen molar-refractivity contribution in [3.8, 4) is 0 Å². The van der Waals surface area contributed by atoms with Gasteiger partial charge in [-0.2, -0.15) is 13.2 Å². The maximum Gasteiger partial charge on any atom is 0.433 e. The van der Waals surface area contributed by atoms with Gasteiger partial charge in [-0.05, 0) is 6.07 Å². The highest BCUT2D eigenvalue weighted by molar-refractivity contribution is 5.36. The van der Waals surface area contributed by atoms with Crippen molar-refractivity contribution >= 4 is 5.95 Å². The van der Waals surface area contributed by atoms with E-state index in [-0.39, 0.29) is 5.95 Å². The average Bonchev–Trinajstić information content (AvgIpc) is 2.13. The number of halogens is 5. The smallest absolute Gasteiger partial charge is 0.329 e. The van der Waals surface area contributed by atoms with Crippen LogP contribution >= 0.6 is 0 Å². The predicted octanol–water partition coefficient (Wildman–Crippen LogP) is 1.95. The molecule has 1 aliphatic heterocycles. The van der Waals surface area contributed by atoms with E-state index in [9.17, 15) is 22.0 Å². The molecular weight excluding hydrogens is 233 g/mol. The van der Waals surface area contributed by atoms with Gasteiger partial charge in [0.05, 0.1) is 13.1 Å². The summed E-state index contributed by atoms with van der Waals surface area (Å²) in [6.07, 6.45) is -3.69. The van der Waals surface area contributed by atoms with Gasteiger partial charge in [0.2, 0.25) is 5.95 Å². The van der Waals surface area contributed by atoms with Gasteiger partial charge >= 0.3 is 6.18 Å². The van der Waals surface area contributed by atoms with E-state index < -0.39 is 30.9 Å². The molecule has 8 heteroatoms. The van der Waals surface area contributed by atoms with Crippen LogP contribution < -0.4 is 4.90 Å². The highest BCUT2D eigenvalue weighted by atomic mass is 19.4. The van der Waals surface area contributed by atoms with Gasteiger partial charge in [0, 0.05) is 6.20 Å². The zero-order chi connectivity index (χ0) is 12.0. The Kier molecular flexibility index (Phi) is 2.25. The molecule has 16 heavy (non-hydrogen) atoms. The van der Waals surface area contributed by atoms with Gasteiger partial charge in [-0.3, -0.25) is 0 Å². The molecule has 0 saturated carbocycles. The Morgan fingerprint density at radius 1 is 1.25 bits per heavy atom. The molecule has 0 aliphatic carbocycles. The molecule has 1 saturated heterocycles. The van der Waals surface area contributed by atoms with Crippen LogP contribution in [-0.4, -0.2) is 29.0 Å². The first-order valence-corrected chi connectivity index (χ1v) is 4.31. The van der Waals surface area contributed by atoms with Crippen molar-refractivity contribution in [2.45, 2.75) is 12.1 Å². The maximum absolute atomic E-state index is 12.5. The fourth-order valence-electron chi connectivity index (χ4n) is 1.31. The summed E-state index contributed by atoms with van der Waals surface area (Å²) >= 11 is 0. The van der Waals surface area contributed by atoms with Crippen molar-refractivity contribution in [2.24, 2.45) is 0 Å². The normalized spacial score (nSPS) is 19.4. The minimum Gasteiger partial charge on any atom is -0.329 e. The summed E-state index contributed by atoms with van der Waals surface area (Å²) in [5.41, 5.74) is -1.13. The van der Waals surface area contributed by atoms with Gasteiger partial charge in [-0.15, -0.1) is 0 Å². The van der Waals surface area contributed by atoms with Crippen LogP contribution in [0.3, 0.4) is 0 Å². The third-order valence-corrected chi connectivity index (χ3v) is 2.06. The van der Waals surface area contributed by atoms with Crippen molar-refractivity contribution in [3.63, 3.8) is 0 Å². The minimum absolute atomic E-state index is 0.319. The predicted molar refractivity (Wildman–Crippen MR) is 44.2 cm³/mol. The van der Waals surface area contributed by atoms with Gasteiger partial charge in [-0.25, -0.2) is 18.7 Å². The van der Waals surface area contributed by atoms with Crippen molar-refractivity contribution in [1.29, 1.82) is 0 Å². The van der Waals surface area contributed by atoms with E-state index in [0.29, 0.717) is 6.07 Å². The first-order valence-electron chi connectivity index (χ1n) is 4.31. The van der Waals surface area contributed by atoms with Crippen LogP contribution in [0.25, 0.3) is 0 Å². The molecule has 88 valence electrons. The van der Waals surface area contributed by atoms with Crippen LogP contribution in [0, 0.1) is 0 Å². The zero-order valence-electron chi connectivity index (χ0n) is 7.80. The fourth-order valence-corrected chi connectivity index (χ4v) is 1.31. The van der Waals surface area contributed by atoms with E-state index >= 15 is 0 Å². The lowest BCUT2D eigenvalue weighted by atomic mass is 10.2. The Labute approximate surface area is 86.9 Å². The highest BCUT2D eigenvalue weighted by Crippen LogP contribution is 2.32. The number of anilines is 1. The van der Waals surface area contributed by atoms with Crippen LogP contribution in [-0.2, 0) is 6.18 Å². The first-order chi connectivity index (χ1) is 7.28. The second kappa shape index (κ2) is 3.26. The van der Waals surface area contributed by atoms with Gasteiger partial charge in [0.15, 0.2) is 0 Å². The topological polar surface area (TPSA) is 29.0 Å². The molecule has 0 bridgehead atoms. The van der Waals surface area contributed by atoms with Crippen molar-refractivity contribution in [2.75, 3.05) is 18.0 Å². The highest BCUT2D eigenvalue weighted by Gasteiger charge is 2.45. The molecular formula is C8H6F5N3. The molecule has 1 aromatic heterocycles. The molecule has 0 N–H and O–H groups in total. The number of alkyl halides is 5. The third-order valence-electron chi connectivity index (χ3n) is 2.06. The van der Waals surface area contributed by atoms with Crippen LogP contribution in [0.15, 0.2) is 12.3 Å². The molecule has 0 spiro atoms. The molecule has 2 heterocycles. The molecule has 1 aromatic rings. The SMILES string of the molecule is FC1(F)CN(c2nccc(C(F)(F)F)n2)C1. The summed E-state index contributed by atoms with van der Waals surface area (Å²) in [5, 5.41) is 0. The van der Waals surface area contributed by atoms with Gasteiger partial charge in [0.25, 0.3) is 5.92 Å².